The molecule has 2 N–H and O–H groups in total. The van der Waals surface area contributed by atoms with Crippen molar-refractivity contribution in [2.45, 2.75) is 27.7 Å². The number of ketones is 1. The van der Waals surface area contributed by atoms with Crippen LogP contribution < -0.4 is 5.50 Å². The Morgan fingerprint density at radius 3 is 2.21 bits per heavy atom. The first-order valence-electron chi connectivity index (χ1n) is 4.79. The molecule has 5 heteroatoms. The fourth-order valence-corrected chi connectivity index (χ4v) is 2.16. The fourth-order valence-electron chi connectivity index (χ4n) is 0.721. The lowest BCUT2D eigenvalue weighted by molar-refractivity contribution is -0.119. The van der Waals surface area contributed by atoms with Gasteiger partial charge in [-0.25, -0.2) is 0 Å². The molecule has 0 bridgehead atoms. The van der Waals surface area contributed by atoms with E-state index in [0.29, 0.717) is 6.61 Å². The zero-order chi connectivity index (χ0) is 11.4. The highest BCUT2D eigenvalue weighted by Gasteiger charge is 2.23. The second-order valence-electron chi connectivity index (χ2n) is 4.19. The van der Waals surface area contributed by atoms with Crippen molar-refractivity contribution in [3.05, 3.63) is 0 Å². The third-order valence-corrected chi connectivity index (χ3v) is 2.99. The summed E-state index contributed by atoms with van der Waals surface area (Å²) in [5.74, 6) is 0.00939. The Morgan fingerprint density at radius 2 is 1.86 bits per heavy atom. The van der Waals surface area contributed by atoms with Crippen LogP contribution in [0.1, 0.15) is 27.7 Å². The van der Waals surface area contributed by atoms with Crippen molar-refractivity contribution < 1.29 is 13.9 Å². The van der Waals surface area contributed by atoms with Crippen molar-refractivity contribution in [2.24, 2.45) is 17.3 Å². The van der Waals surface area contributed by atoms with Gasteiger partial charge < -0.3 is 4.52 Å². The van der Waals surface area contributed by atoms with Gasteiger partial charge in [0.25, 0.3) is 7.52 Å². The van der Waals surface area contributed by atoms with Crippen LogP contribution in [0.25, 0.3) is 0 Å². The molecule has 0 rings (SSSR count). The molecular formula is C9H20NO3P. The van der Waals surface area contributed by atoms with Gasteiger partial charge in [-0.3, -0.25) is 14.9 Å². The third kappa shape index (κ3) is 6.30. The number of carbonyl (C=O) groups is 1. The molecule has 0 amide bonds. The standard InChI is InChI=1S/C9H20NO3P/c1-7(2)5-13-14(10,12)6-9(11)8(3)4/h7-8H,5-6H2,1-4H3,(H2,10,12). The van der Waals surface area contributed by atoms with E-state index in [9.17, 15) is 9.36 Å². The summed E-state index contributed by atoms with van der Waals surface area (Å²) in [5, 5.41) is 0. The van der Waals surface area contributed by atoms with Crippen LogP contribution in [0.3, 0.4) is 0 Å². The number of hydrogen-bond donors (Lipinski definition) is 1. The predicted octanol–water partition coefficient (Wildman–Crippen LogP) is 2.04. The molecule has 1 unspecified atom stereocenters. The molecule has 0 radical (unpaired) electrons. The van der Waals surface area contributed by atoms with Crippen LogP contribution in [0.5, 0.6) is 0 Å². The van der Waals surface area contributed by atoms with Gasteiger partial charge in [0, 0.05) is 5.92 Å². The van der Waals surface area contributed by atoms with Gasteiger partial charge in [0.1, 0.15) is 5.78 Å². The lowest BCUT2D eigenvalue weighted by atomic mass is 10.1. The monoisotopic (exact) mass is 221 g/mol. The summed E-state index contributed by atoms with van der Waals surface area (Å²) in [4.78, 5) is 11.3. The Bertz CT molecular complexity index is 238. The first-order chi connectivity index (χ1) is 6.24. The smallest absolute Gasteiger partial charge is 0.274 e. The Kier molecular flexibility index (Phi) is 5.57. The molecule has 0 aliphatic heterocycles. The molecule has 0 aliphatic carbocycles. The number of rotatable bonds is 6. The Labute approximate surface area is 85.7 Å². The maximum atomic E-state index is 11.6. The van der Waals surface area contributed by atoms with Crippen LogP contribution in [0.4, 0.5) is 0 Å². The van der Waals surface area contributed by atoms with Gasteiger partial charge in [-0.05, 0) is 5.92 Å². The number of carbonyl (C=O) groups excluding carboxylic acids is 1. The molecule has 1 atom stereocenters. The van der Waals surface area contributed by atoms with Crippen LogP contribution in [-0.4, -0.2) is 18.6 Å². The maximum Gasteiger partial charge on any atom is 0.274 e. The average Bonchev–Trinajstić information content (AvgIpc) is 2.00. The van der Waals surface area contributed by atoms with E-state index in [1.54, 1.807) is 13.8 Å². The van der Waals surface area contributed by atoms with Crippen LogP contribution in [0.2, 0.25) is 0 Å². The molecule has 0 saturated heterocycles. The molecule has 4 nitrogen and oxygen atoms in total. The van der Waals surface area contributed by atoms with Crippen LogP contribution in [0.15, 0.2) is 0 Å². The summed E-state index contributed by atoms with van der Waals surface area (Å²) >= 11 is 0. The Hall–Kier alpha value is -0.180. The van der Waals surface area contributed by atoms with Gasteiger partial charge in [-0.15, -0.1) is 0 Å². The van der Waals surface area contributed by atoms with E-state index < -0.39 is 7.52 Å². The van der Waals surface area contributed by atoms with E-state index in [0.717, 1.165) is 0 Å². The van der Waals surface area contributed by atoms with Crippen molar-refractivity contribution in [1.82, 2.24) is 0 Å². The first kappa shape index (κ1) is 13.8. The summed E-state index contributed by atoms with van der Waals surface area (Å²) in [6.07, 6.45) is -0.155. The zero-order valence-corrected chi connectivity index (χ0v) is 10.2. The summed E-state index contributed by atoms with van der Waals surface area (Å²) in [5.41, 5.74) is 5.42. The van der Waals surface area contributed by atoms with E-state index in [2.05, 4.69) is 0 Å². The molecule has 14 heavy (non-hydrogen) atoms. The van der Waals surface area contributed by atoms with Crippen LogP contribution in [0, 0.1) is 11.8 Å². The highest BCUT2D eigenvalue weighted by molar-refractivity contribution is 7.57. The van der Waals surface area contributed by atoms with Crippen LogP contribution in [-0.2, 0) is 13.9 Å². The van der Waals surface area contributed by atoms with Gasteiger partial charge in [0.15, 0.2) is 0 Å². The van der Waals surface area contributed by atoms with Gasteiger partial charge in [0.2, 0.25) is 0 Å². The molecule has 0 fully saturated rings. The Morgan fingerprint density at radius 1 is 1.36 bits per heavy atom. The molecule has 0 aromatic rings. The molecule has 84 valence electrons. The molecule has 0 aromatic heterocycles. The fraction of sp³-hybridized carbons (Fsp3) is 0.889. The lowest BCUT2D eigenvalue weighted by Gasteiger charge is -2.15. The summed E-state index contributed by atoms with van der Waals surface area (Å²) in [6, 6.07) is 0. The van der Waals surface area contributed by atoms with Crippen molar-refractivity contribution in [1.29, 1.82) is 0 Å². The van der Waals surface area contributed by atoms with Crippen molar-refractivity contribution >= 4 is 13.3 Å². The van der Waals surface area contributed by atoms with Crippen molar-refractivity contribution in [2.75, 3.05) is 12.8 Å². The average molecular weight is 221 g/mol. The quantitative estimate of drug-likeness (QED) is 0.697. The van der Waals surface area contributed by atoms with E-state index in [4.69, 9.17) is 10.0 Å². The molecule has 0 aromatic carbocycles. The minimum absolute atomic E-state index is 0.111. The van der Waals surface area contributed by atoms with E-state index in [1.807, 2.05) is 13.8 Å². The van der Waals surface area contributed by atoms with E-state index in [1.165, 1.54) is 0 Å². The Balaban J connectivity index is 4.08. The number of nitrogens with two attached hydrogens (primary N) is 1. The van der Waals surface area contributed by atoms with E-state index in [-0.39, 0.29) is 23.8 Å². The normalized spacial score (nSPS) is 15.9. The maximum absolute atomic E-state index is 11.6. The largest absolute Gasteiger partial charge is 0.317 e. The van der Waals surface area contributed by atoms with Gasteiger partial charge in [0.05, 0.1) is 12.8 Å². The zero-order valence-electron chi connectivity index (χ0n) is 9.32. The SMILES string of the molecule is CC(C)COP(N)(=O)CC(=O)C(C)C. The van der Waals surface area contributed by atoms with Crippen LogP contribution >= 0.6 is 7.52 Å². The molecule has 0 heterocycles. The topological polar surface area (TPSA) is 69.4 Å². The van der Waals surface area contributed by atoms with Gasteiger partial charge in [-0.2, -0.15) is 0 Å². The second kappa shape index (κ2) is 5.64. The van der Waals surface area contributed by atoms with Gasteiger partial charge >= 0.3 is 0 Å². The number of Topliss-reactive ketones (excluding diaryl/α,β-unsaturated/α-hetero) is 1. The lowest BCUT2D eigenvalue weighted by Crippen LogP contribution is -2.18. The van der Waals surface area contributed by atoms with Gasteiger partial charge in [-0.1, -0.05) is 27.7 Å². The van der Waals surface area contributed by atoms with Crippen molar-refractivity contribution in [3.63, 3.8) is 0 Å². The molecular weight excluding hydrogens is 201 g/mol. The molecule has 0 saturated carbocycles. The molecule has 0 aliphatic rings. The minimum atomic E-state index is -3.21. The van der Waals surface area contributed by atoms with Crippen molar-refractivity contribution in [3.8, 4) is 0 Å². The molecule has 0 spiro atoms. The third-order valence-electron chi connectivity index (χ3n) is 1.65. The summed E-state index contributed by atoms with van der Waals surface area (Å²) < 4.78 is 16.6. The van der Waals surface area contributed by atoms with E-state index >= 15 is 0 Å². The highest BCUT2D eigenvalue weighted by atomic mass is 31.2. The predicted molar refractivity (Wildman–Crippen MR) is 57.3 cm³/mol. The second-order valence-corrected chi connectivity index (χ2v) is 6.22. The summed E-state index contributed by atoms with van der Waals surface area (Å²) in [7, 11) is -3.21. The first-order valence-corrected chi connectivity index (χ1v) is 6.67. The number of hydrogen-bond acceptors (Lipinski definition) is 3. The summed E-state index contributed by atoms with van der Waals surface area (Å²) in [6.45, 7) is 7.71. The highest BCUT2D eigenvalue weighted by Crippen LogP contribution is 2.38. The minimum Gasteiger partial charge on any atom is -0.317 e.